The first-order valence-corrected chi connectivity index (χ1v) is 7.24. The summed E-state index contributed by atoms with van der Waals surface area (Å²) in [6.07, 6.45) is 6.86. The van der Waals surface area contributed by atoms with Gasteiger partial charge < -0.3 is 10.2 Å². The second-order valence-electron chi connectivity index (χ2n) is 5.67. The third kappa shape index (κ3) is 2.50. The van der Waals surface area contributed by atoms with Crippen LogP contribution in [0.2, 0.25) is 0 Å². The highest BCUT2D eigenvalue weighted by atomic mass is 19.1. The number of nitriles is 1. The smallest absolute Gasteiger partial charge is 0.358 e. The minimum absolute atomic E-state index is 0.226. The number of aromatic carboxylic acids is 1. The van der Waals surface area contributed by atoms with E-state index in [9.17, 15) is 19.6 Å². The molecule has 0 radical (unpaired) electrons. The summed E-state index contributed by atoms with van der Waals surface area (Å²) in [4.78, 5) is 14.7. The van der Waals surface area contributed by atoms with E-state index >= 15 is 0 Å². The van der Waals surface area contributed by atoms with Crippen molar-refractivity contribution in [2.75, 3.05) is 0 Å². The summed E-state index contributed by atoms with van der Waals surface area (Å²) in [5, 5.41) is 28.1. The van der Waals surface area contributed by atoms with Gasteiger partial charge in [-0.1, -0.05) is 12.2 Å². The van der Waals surface area contributed by atoms with Crippen LogP contribution in [0.25, 0.3) is 5.57 Å². The fourth-order valence-corrected chi connectivity index (χ4v) is 2.93. The lowest BCUT2D eigenvalue weighted by Gasteiger charge is -2.26. The van der Waals surface area contributed by atoms with E-state index in [0.717, 1.165) is 0 Å². The van der Waals surface area contributed by atoms with E-state index in [-0.39, 0.29) is 17.3 Å². The number of pyridine rings is 1. The van der Waals surface area contributed by atoms with E-state index in [1.165, 1.54) is 12.3 Å². The van der Waals surface area contributed by atoms with Crippen LogP contribution in [0, 0.1) is 17.2 Å². The molecule has 2 aliphatic carbocycles. The Labute approximate surface area is 137 Å². The number of carbonyl (C=O) groups is 1. The number of carboxylic acids is 1. The van der Waals surface area contributed by atoms with Crippen molar-refractivity contribution in [1.29, 1.82) is 5.26 Å². The molecule has 3 rings (SSSR count). The number of hydrogen-bond donors (Lipinski definition) is 2. The highest BCUT2D eigenvalue weighted by molar-refractivity contribution is 5.89. The average molecular weight is 324 g/mol. The molecule has 0 spiro atoms. The maximum absolute atomic E-state index is 14.4. The largest absolute Gasteiger partial charge is 0.505 e. The molecule has 0 bridgehead atoms. The topological polar surface area (TPSA) is 94.2 Å². The Bertz CT molecular complexity index is 917. The van der Waals surface area contributed by atoms with Gasteiger partial charge in [0.2, 0.25) is 0 Å². The predicted molar refractivity (Wildman–Crippen MR) is 84.5 cm³/mol. The molecule has 0 saturated carbocycles. The Hall–Kier alpha value is -3.20. The van der Waals surface area contributed by atoms with Crippen LogP contribution in [0.4, 0.5) is 4.39 Å². The van der Waals surface area contributed by atoms with E-state index in [1.54, 1.807) is 19.1 Å². The lowest BCUT2D eigenvalue weighted by atomic mass is 9.77. The average Bonchev–Trinajstić information content (AvgIpc) is 2.56. The monoisotopic (exact) mass is 324 g/mol. The maximum Gasteiger partial charge on any atom is 0.358 e. The first-order chi connectivity index (χ1) is 11.4. The van der Waals surface area contributed by atoms with Crippen molar-refractivity contribution in [2.24, 2.45) is 5.92 Å². The molecule has 120 valence electrons. The summed E-state index contributed by atoms with van der Waals surface area (Å²) in [7, 11) is 0. The second-order valence-corrected chi connectivity index (χ2v) is 5.67. The standard InChI is InChI=1S/C18H13FN2O3/c1-9-2-3-10-4-11(5-12(7-20)15(10)16(9)19)13-6-14(22)17(18(23)24)21-8-13/h2-3,5-6,8,10,22H,4H2,1H3,(H,23,24). The van der Waals surface area contributed by atoms with Gasteiger partial charge in [-0.2, -0.15) is 5.26 Å². The van der Waals surface area contributed by atoms with Crippen LogP contribution in [0.5, 0.6) is 5.75 Å². The number of fused-ring (bicyclic) bond motifs is 1. The number of aromatic nitrogens is 1. The highest BCUT2D eigenvalue weighted by Gasteiger charge is 2.29. The molecule has 6 heteroatoms. The number of hydrogen-bond acceptors (Lipinski definition) is 4. The zero-order valence-corrected chi connectivity index (χ0v) is 12.7. The van der Waals surface area contributed by atoms with Gasteiger partial charge in [0.25, 0.3) is 0 Å². The Morgan fingerprint density at radius 3 is 2.88 bits per heavy atom. The number of rotatable bonds is 2. The quantitative estimate of drug-likeness (QED) is 0.868. The first kappa shape index (κ1) is 15.7. The van der Waals surface area contributed by atoms with Crippen LogP contribution in [0.3, 0.4) is 0 Å². The van der Waals surface area contributed by atoms with Gasteiger partial charge in [0.05, 0.1) is 11.6 Å². The molecule has 1 aromatic heterocycles. The molecule has 0 amide bonds. The molecule has 0 aliphatic heterocycles. The van der Waals surface area contributed by atoms with E-state index in [2.05, 4.69) is 4.98 Å². The van der Waals surface area contributed by atoms with Crippen molar-refractivity contribution in [1.82, 2.24) is 4.98 Å². The number of halogens is 1. The molecule has 1 heterocycles. The molecule has 24 heavy (non-hydrogen) atoms. The van der Waals surface area contributed by atoms with Crippen molar-refractivity contribution < 1.29 is 19.4 Å². The van der Waals surface area contributed by atoms with E-state index < -0.39 is 17.4 Å². The number of carboxylic acid groups (broad SMARTS) is 1. The maximum atomic E-state index is 14.4. The Kier molecular flexibility index (Phi) is 3.78. The summed E-state index contributed by atoms with van der Waals surface area (Å²) >= 11 is 0. The molecular weight excluding hydrogens is 311 g/mol. The van der Waals surface area contributed by atoms with Gasteiger partial charge in [0.1, 0.15) is 11.6 Å². The highest BCUT2D eigenvalue weighted by Crippen LogP contribution is 2.42. The zero-order valence-electron chi connectivity index (χ0n) is 12.7. The van der Waals surface area contributed by atoms with Crippen LogP contribution in [-0.4, -0.2) is 21.2 Å². The molecule has 2 N–H and O–H groups in total. The second kappa shape index (κ2) is 5.78. The van der Waals surface area contributed by atoms with Gasteiger partial charge in [-0.3, -0.25) is 0 Å². The van der Waals surface area contributed by atoms with Crippen LogP contribution >= 0.6 is 0 Å². The van der Waals surface area contributed by atoms with Crippen LogP contribution in [0.1, 0.15) is 29.4 Å². The summed E-state index contributed by atoms with van der Waals surface area (Å²) in [5.41, 5.74) is 1.84. The third-order valence-electron chi connectivity index (χ3n) is 4.14. The summed E-state index contributed by atoms with van der Waals surface area (Å²) in [6.45, 7) is 1.65. The van der Waals surface area contributed by atoms with Crippen molar-refractivity contribution in [3.63, 3.8) is 0 Å². The summed E-state index contributed by atoms with van der Waals surface area (Å²) in [6, 6.07) is 3.31. The molecule has 2 aliphatic rings. The summed E-state index contributed by atoms with van der Waals surface area (Å²) < 4.78 is 14.4. The van der Waals surface area contributed by atoms with Crippen molar-refractivity contribution in [3.8, 4) is 11.8 Å². The van der Waals surface area contributed by atoms with Crippen molar-refractivity contribution in [2.45, 2.75) is 13.3 Å². The third-order valence-corrected chi connectivity index (χ3v) is 4.14. The zero-order chi connectivity index (χ0) is 17.4. The molecule has 0 saturated heterocycles. The molecule has 1 unspecified atom stereocenters. The van der Waals surface area contributed by atoms with Crippen LogP contribution in [0.15, 0.2) is 53.0 Å². The predicted octanol–water partition coefficient (Wildman–Crippen LogP) is 3.52. The number of nitrogens with zero attached hydrogens (tertiary/aromatic N) is 2. The van der Waals surface area contributed by atoms with E-state index in [0.29, 0.717) is 28.7 Å². The SMILES string of the molecule is CC1=C(F)C2=C(C#N)C=C(c3cnc(C(=O)O)c(O)c3)CC2C=C1. The molecule has 1 atom stereocenters. The van der Waals surface area contributed by atoms with Gasteiger partial charge >= 0.3 is 5.97 Å². The minimum Gasteiger partial charge on any atom is -0.505 e. The fourth-order valence-electron chi connectivity index (χ4n) is 2.93. The lowest BCUT2D eigenvalue weighted by molar-refractivity contribution is 0.0687. The lowest BCUT2D eigenvalue weighted by Crippen LogP contribution is -2.14. The molecule has 5 nitrogen and oxygen atoms in total. The molecular formula is C18H13FN2O3. The van der Waals surface area contributed by atoms with Crippen LogP contribution in [-0.2, 0) is 0 Å². The Morgan fingerprint density at radius 2 is 2.25 bits per heavy atom. The molecule has 1 aromatic rings. The summed E-state index contributed by atoms with van der Waals surface area (Å²) in [5.74, 6) is -2.43. The van der Waals surface area contributed by atoms with Gasteiger partial charge in [0.15, 0.2) is 5.69 Å². The van der Waals surface area contributed by atoms with Gasteiger partial charge in [0, 0.05) is 17.7 Å². The Morgan fingerprint density at radius 1 is 1.50 bits per heavy atom. The normalized spacial score (nSPS) is 19.7. The van der Waals surface area contributed by atoms with Crippen molar-refractivity contribution >= 4 is 11.5 Å². The fraction of sp³-hybridized carbons (Fsp3) is 0.167. The van der Waals surface area contributed by atoms with Crippen molar-refractivity contribution in [3.05, 3.63) is 64.3 Å². The molecule has 0 fully saturated rings. The van der Waals surface area contributed by atoms with Crippen LogP contribution < -0.4 is 0 Å². The Balaban J connectivity index is 2.09. The minimum atomic E-state index is -1.32. The number of aromatic hydroxyl groups is 1. The number of allylic oxidation sites excluding steroid dienone is 8. The van der Waals surface area contributed by atoms with E-state index in [4.69, 9.17) is 5.11 Å². The van der Waals surface area contributed by atoms with Gasteiger partial charge in [-0.15, -0.1) is 0 Å². The van der Waals surface area contributed by atoms with Gasteiger partial charge in [-0.25, -0.2) is 14.2 Å². The van der Waals surface area contributed by atoms with Gasteiger partial charge in [-0.05, 0) is 42.2 Å². The molecule has 0 aromatic carbocycles. The first-order valence-electron chi connectivity index (χ1n) is 7.24. The van der Waals surface area contributed by atoms with E-state index in [1.807, 2.05) is 12.1 Å².